The van der Waals surface area contributed by atoms with Crippen molar-refractivity contribution in [1.29, 1.82) is 0 Å². The molecule has 0 aromatic carbocycles. The Hall–Kier alpha value is -1.10. The molecule has 0 saturated heterocycles. The van der Waals surface area contributed by atoms with Crippen LogP contribution in [0.4, 0.5) is 5.82 Å². The topological polar surface area (TPSA) is 53.4 Å². The average Bonchev–Trinajstić information content (AvgIpc) is 2.21. The third kappa shape index (κ3) is 2.68. The van der Waals surface area contributed by atoms with Gasteiger partial charge in [0.15, 0.2) is 0 Å². The predicted octanol–water partition coefficient (Wildman–Crippen LogP) is 2.39. The molecule has 5 heteroatoms. The minimum atomic E-state index is -0.964. The SMILES string of the molecule is CCN(CC)c1ncc(C(=O)O)cc1Br. The zero-order chi connectivity index (χ0) is 11.4. The smallest absolute Gasteiger partial charge is 0.337 e. The van der Waals surface area contributed by atoms with Gasteiger partial charge in [-0.1, -0.05) is 0 Å². The second-order valence-electron chi connectivity index (χ2n) is 3.01. The highest BCUT2D eigenvalue weighted by atomic mass is 79.9. The van der Waals surface area contributed by atoms with E-state index in [1.165, 1.54) is 6.20 Å². The lowest BCUT2D eigenvalue weighted by molar-refractivity contribution is 0.0696. The van der Waals surface area contributed by atoms with Crippen LogP contribution in [0.2, 0.25) is 0 Å². The van der Waals surface area contributed by atoms with E-state index in [1.54, 1.807) is 6.07 Å². The summed E-state index contributed by atoms with van der Waals surface area (Å²) in [5.41, 5.74) is 0.192. The van der Waals surface area contributed by atoms with Crippen molar-refractivity contribution in [3.05, 3.63) is 22.3 Å². The molecule has 0 spiro atoms. The van der Waals surface area contributed by atoms with Gasteiger partial charge in [-0.25, -0.2) is 9.78 Å². The Morgan fingerprint density at radius 2 is 2.13 bits per heavy atom. The molecule has 1 aromatic heterocycles. The lowest BCUT2D eigenvalue weighted by Gasteiger charge is -2.20. The quantitative estimate of drug-likeness (QED) is 0.915. The number of hydrogen-bond donors (Lipinski definition) is 1. The summed E-state index contributed by atoms with van der Waals surface area (Å²) < 4.78 is 0.714. The van der Waals surface area contributed by atoms with Crippen LogP contribution in [0.25, 0.3) is 0 Å². The third-order valence-corrected chi connectivity index (χ3v) is 2.72. The van der Waals surface area contributed by atoms with Gasteiger partial charge in [-0.2, -0.15) is 0 Å². The first-order valence-electron chi connectivity index (χ1n) is 4.73. The molecule has 0 fully saturated rings. The lowest BCUT2D eigenvalue weighted by atomic mass is 10.3. The van der Waals surface area contributed by atoms with Crippen LogP contribution >= 0.6 is 15.9 Å². The van der Waals surface area contributed by atoms with Crippen molar-refractivity contribution in [2.75, 3.05) is 18.0 Å². The number of carbonyl (C=O) groups is 1. The number of nitrogens with zero attached hydrogens (tertiary/aromatic N) is 2. The van der Waals surface area contributed by atoms with Gasteiger partial charge in [0.1, 0.15) is 5.82 Å². The van der Waals surface area contributed by atoms with Gasteiger partial charge in [-0.05, 0) is 35.8 Å². The van der Waals surface area contributed by atoms with Crippen molar-refractivity contribution < 1.29 is 9.90 Å². The first kappa shape index (κ1) is 12.0. The van der Waals surface area contributed by atoms with Crippen molar-refractivity contribution in [3.63, 3.8) is 0 Å². The minimum Gasteiger partial charge on any atom is -0.478 e. The number of hydrogen-bond acceptors (Lipinski definition) is 3. The molecule has 0 amide bonds. The number of carboxylic acids is 1. The molecular weight excluding hydrogens is 260 g/mol. The van der Waals surface area contributed by atoms with Gasteiger partial charge in [-0.3, -0.25) is 0 Å². The zero-order valence-electron chi connectivity index (χ0n) is 8.70. The van der Waals surface area contributed by atoms with Gasteiger partial charge in [0.25, 0.3) is 0 Å². The van der Waals surface area contributed by atoms with Crippen LogP contribution in [-0.2, 0) is 0 Å². The molecule has 1 N–H and O–H groups in total. The van der Waals surface area contributed by atoms with E-state index in [4.69, 9.17) is 5.11 Å². The standard InChI is InChI=1S/C10H13BrN2O2/c1-3-13(4-2)9-8(11)5-7(6-12-9)10(14)15/h5-6H,3-4H2,1-2H3,(H,14,15). The summed E-state index contributed by atoms with van der Waals surface area (Å²) in [6.45, 7) is 5.74. The van der Waals surface area contributed by atoms with Crippen LogP contribution in [-0.4, -0.2) is 29.1 Å². The van der Waals surface area contributed by atoms with Gasteiger partial charge in [-0.15, -0.1) is 0 Å². The summed E-state index contributed by atoms with van der Waals surface area (Å²) in [4.78, 5) is 16.9. The number of aromatic carboxylic acids is 1. The largest absolute Gasteiger partial charge is 0.478 e. The maximum absolute atomic E-state index is 10.7. The third-order valence-electron chi connectivity index (χ3n) is 2.13. The van der Waals surface area contributed by atoms with Gasteiger partial charge in [0.05, 0.1) is 10.0 Å². The Bertz CT molecular complexity index is 364. The summed E-state index contributed by atoms with van der Waals surface area (Å²) in [6.07, 6.45) is 1.38. The molecule has 82 valence electrons. The maximum atomic E-state index is 10.7. The first-order valence-corrected chi connectivity index (χ1v) is 5.53. The molecule has 1 rings (SSSR count). The molecule has 0 radical (unpaired) electrons. The minimum absolute atomic E-state index is 0.192. The molecule has 4 nitrogen and oxygen atoms in total. The Kier molecular flexibility index (Phi) is 4.08. The van der Waals surface area contributed by atoms with E-state index in [2.05, 4.69) is 25.8 Å². The van der Waals surface area contributed by atoms with Crippen LogP contribution in [0.3, 0.4) is 0 Å². The van der Waals surface area contributed by atoms with Gasteiger partial charge < -0.3 is 10.0 Å². The summed E-state index contributed by atoms with van der Waals surface area (Å²) in [5, 5.41) is 8.78. The Morgan fingerprint density at radius 3 is 2.53 bits per heavy atom. The highest BCUT2D eigenvalue weighted by Gasteiger charge is 2.11. The van der Waals surface area contributed by atoms with Crippen LogP contribution in [0, 0.1) is 0 Å². The molecule has 0 atom stereocenters. The molecule has 15 heavy (non-hydrogen) atoms. The monoisotopic (exact) mass is 272 g/mol. The van der Waals surface area contributed by atoms with E-state index in [0.717, 1.165) is 18.9 Å². The normalized spacial score (nSPS) is 10.1. The van der Waals surface area contributed by atoms with Crippen molar-refractivity contribution in [1.82, 2.24) is 4.98 Å². The molecular formula is C10H13BrN2O2. The van der Waals surface area contributed by atoms with Crippen molar-refractivity contribution in [3.8, 4) is 0 Å². The number of rotatable bonds is 4. The van der Waals surface area contributed by atoms with Crippen LogP contribution < -0.4 is 4.90 Å². The number of pyridine rings is 1. The second-order valence-corrected chi connectivity index (χ2v) is 3.86. The Labute approximate surface area is 97.1 Å². The van der Waals surface area contributed by atoms with Crippen LogP contribution in [0.5, 0.6) is 0 Å². The van der Waals surface area contributed by atoms with E-state index in [-0.39, 0.29) is 5.56 Å². The second kappa shape index (κ2) is 5.11. The molecule has 0 unspecified atom stereocenters. The number of halogens is 1. The highest BCUT2D eigenvalue weighted by Crippen LogP contribution is 2.24. The summed E-state index contributed by atoms with van der Waals surface area (Å²) in [5.74, 6) is -0.181. The van der Waals surface area contributed by atoms with E-state index >= 15 is 0 Å². The molecule has 1 heterocycles. The molecule has 0 aliphatic carbocycles. The molecule has 0 saturated carbocycles. The zero-order valence-corrected chi connectivity index (χ0v) is 10.3. The van der Waals surface area contributed by atoms with Crippen molar-refractivity contribution in [2.45, 2.75) is 13.8 Å². The fourth-order valence-electron chi connectivity index (χ4n) is 1.30. The Morgan fingerprint density at radius 1 is 1.53 bits per heavy atom. The van der Waals surface area contributed by atoms with Crippen molar-refractivity contribution in [2.24, 2.45) is 0 Å². The fraction of sp³-hybridized carbons (Fsp3) is 0.400. The molecule has 0 aliphatic heterocycles. The van der Waals surface area contributed by atoms with Gasteiger partial charge in [0, 0.05) is 19.3 Å². The fourth-order valence-corrected chi connectivity index (χ4v) is 1.90. The van der Waals surface area contributed by atoms with Crippen LogP contribution in [0.15, 0.2) is 16.7 Å². The highest BCUT2D eigenvalue weighted by molar-refractivity contribution is 9.10. The summed E-state index contributed by atoms with van der Waals surface area (Å²) in [6, 6.07) is 1.57. The predicted molar refractivity (Wildman–Crippen MR) is 62.5 cm³/mol. The van der Waals surface area contributed by atoms with Crippen LogP contribution in [0.1, 0.15) is 24.2 Å². The first-order chi connectivity index (χ1) is 7.10. The Balaban J connectivity index is 3.07. The summed E-state index contributed by atoms with van der Waals surface area (Å²) >= 11 is 3.33. The number of anilines is 1. The van der Waals surface area contributed by atoms with E-state index < -0.39 is 5.97 Å². The van der Waals surface area contributed by atoms with E-state index in [1.807, 2.05) is 13.8 Å². The number of aromatic nitrogens is 1. The molecule has 0 bridgehead atoms. The van der Waals surface area contributed by atoms with E-state index in [0.29, 0.717) is 4.47 Å². The van der Waals surface area contributed by atoms with Crippen molar-refractivity contribution >= 4 is 27.7 Å². The average molecular weight is 273 g/mol. The maximum Gasteiger partial charge on any atom is 0.337 e. The van der Waals surface area contributed by atoms with Gasteiger partial charge >= 0.3 is 5.97 Å². The number of carboxylic acid groups (broad SMARTS) is 1. The molecule has 1 aromatic rings. The van der Waals surface area contributed by atoms with Gasteiger partial charge in [0.2, 0.25) is 0 Å². The van der Waals surface area contributed by atoms with E-state index in [9.17, 15) is 4.79 Å². The lowest BCUT2D eigenvalue weighted by Crippen LogP contribution is -2.23. The summed E-state index contributed by atoms with van der Waals surface area (Å²) in [7, 11) is 0. The molecule has 0 aliphatic rings.